The van der Waals surface area contributed by atoms with Gasteiger partial charge in [0.1, 0.15) is 0 Å². The van der Waals surface area contributed by atoms with Gasteiger partial charge in [0.2, 0.25) is 16.8 Å². The van der Waals surface area contributed by atoms with Crippen LogP contribution in [0.5, 0.6) is 11.5 Å². The van der Waals surface area contributed by atoms with E-state index in [9.17, 15) is 18.0 Å². The van der Waals surface area contributed by atoms with Crippen molar-refractivity contribution in [3.8, 4) is 11.5 Å². The third kappa shape index (κ3) is 4.97. The molecule has 3 rings (SSSR count). The molecule has 1 heterocycles. The van der Waals surface area contributed by atoms with Gasteiger partial charge in [-0.3, -0.25) is 4.79 Å². The highest BCUT2D eigenvalue weighted by atomic mass is 32.2. The molecule has 1 aliphatic heterocycles. The summed E-state index contributed by atoms with van der Waals surface area (Å²) in [5.41, 5.74) is 0.489. The lowest BCUT2D eigenvalue weighted by Crippen LogP contribution is -2.33. The Morgan fingerprint density at radius 1 is 1.06 bits per heavy atom. The van der Waals surface area contributed by atoms with Gasteiger partial charge in [0.25, 0.3) is 5.91 Å². The van der Waals surface area contributed by atoms with Gasteiger partial charge in [-0.15, -0.1) is 0 Å². The van der Waals surface area contributed by atoms with Crippen molar-refractivity contribution in [2.45, 2.75) is 37.8 Å². The van der Waals surface area contributed by atoms with E-state index in [1.54, 1.807) is 32.0 Å². The molecule has 1 aliphatic rings. The zero-order valence-electron chi connectivity index (χ0n) is 17.6. The number of hydrogen-bond acceptors (Lipinski definition) is 7. The van der Waals surface area contributed by atoms with Crippen LogP contribution in [0.3, 0.4) is 0 Å². The van der Waals surface area contributed by atoms with E-state index in [4.69, 9.17) is 14.2 Å². The first-order chi connectivity index (χ1) is 14.6. The van der Waals surface area contributed by atoms with E-state index in [1.165, 1.54) is 42.5 Å². The van der Waals surface area contributed by atoms with Crippen molar-refractivity contribution < 1.29 is 32.2 Å². The summed E-state index contributed by atoms with van der Waals surface area (Å²) in [6, 6.07) is 10.2. The Labute approximate surface area is 181 Å². The summed E-state index contributed by atoms with van der Waals surface area (Å²) in [5.74, 6) is -0.268. The van der Waals surface area contributed by atoms with Crippen molar-refractivity contribution >= 4 is 27.6 Å². The summed E-state index contributed by atoms with van der Waals surface area (Å²) in [4.78, 5) is 24.9. The molecule has 31 heavy (non-hydrogen) atoms. The van der Waals surface area contributed by atoms with Crippen molar-refractivity contribution in [2.75, 3.05) is 19.2 Å². The number of amides is 1. The fourth-order valence-electron chi connectivity index (χ4n) is 2.73. The minimum absolute atomic E-state index is 0.0287. The normalized spacial score (nSPS) is 13.9. The van der Waals surface area contributed by atoms with Crippen LogP contribution in [0.1, 0.15) is 31.1 Å². The van der Waals surface area contributed by atoms with Crippen LogP contribution < -0.4 is 14.8 Å². The number of sulfonamides is 1. The number of carbonyl (C=O) groups is 2. The largest absolute Gasteiger partial charge is 0.454 e. The van der Waals surface area contributed by atoms with Gasteiger partial charge in [-0.2, -0.15) is 4.31 Å². The van der Waals surface area contributed by atoms with Crippen molar-refractivity contribution in [2.24, 2.45) is 0 Å². The Balaban J connectivity index is 1.67. The first kappa shape index (κ1) is 22.6. The Kier molecular flexibility index (Phi) is 6.51. The molecule has 9 nitrogen and oxygen atoms in total. The van der Waals surface area contributed by atoms with Gasteiger partial charge in [0.05, 0.1) is 10.5 Å². The Bertz CT molecular complexity index is 1100. The van der Waals surface area contributed by atoms with Crippen molar-refractivity contribution in [3.63, 3.8) is 0 Å². The molecule has 1 N–H and O–H groups in total. The number of hydrogen-bond donors (Lipinski definition) is 1. The average molecular weight is 448 g/mol. The minimum atomic E-state index is -3.76. The molecule has 10 heteroatoms. The highest BCUT2D eigenvalue weighted by Gasteiger charge is 2.25. The maximum atomic E-state index is 12.7. The first-order valence-electron chi connectivity index (χ1n) is 9.59. The van der Waals surface area contributed by atoms with Crippen molar-refractivity contribution in [3.05, 3.63) is 48.0 Å². The molecule has 0 spiro atoms. The van der Waals surface area contributed by atoms with Crippen LogP contribution in [0.15, 0.2) is 47.4 Å². The van der Waals surface area contributed by atoms with E-state index in [1.807, 2.05) is 0 Å². The van der Waals surface area contributed by atoms with Crippen LogP contribution in [0, 0.1) is 0 Å². The van der Waals surface area contributed by atoms with Crippen LogP contribution in [0.25, 0.3) is 0 Å². The standard InChI is InChI=1S/C21H24N2O7S/c1-13(2)23(4)31(26,27)17-7-5-6-15(10-17)21(25)30-14(3)20(24)22-16-8-9-18-19(11-16)29-12-28-18/h5-11,13-14H,12H2,1-4H3,(H,22,24). The van der Waals surface area contributed by atoms with Gasteiger partial charge in [0, 0.05) is 24.8 Å². The van der Waals surface area contributed by atoms with E-state index in [0.717, 1.165) is 0 Å². The second kappa shape index (κ2) is 8.94. The number of rotatable bonds is 7. The Hall–Kier alpha value is -3.11. The molecule has 0 bridgehead atoms. The second-order valence-corrected chi connectivity index (χ2v) is 9.25. The fraction of sp³-hybridized carbons (Fsp3) is 0.333. The van der Waals surface area contributed by atoms with Gasteiger partial charge < -0.3 is 19.5 Å². The number of benzene rings is 2. The fourth-order valence-corrected chi connectivity index (χ4v) is 4.14. The second-order valence-electron chi connectivity index (χ2n) is 7.25. The van der Waals surface area contributed by atoms with Gasteiger partial charge in [-0.25, -0.2) is 13.2 Å². The van der Waals surface area contributed by atoms with Gasteiger partial charge >= 0.3 is 5.97 Å². The average Bonchev–Trinajstić information content (AvgIpc) is 3.20. The number of fused-ring (bicyclic) bond motifs is 1. The van der Waals surface area contributed by atoms with Crippen LogP contribution in [0.4, 0.5) is 5.69 Å². The van der Waals surface area contributed by atoms with Crippen LogP contribution in [-0.4, -0.2) is 50.6 Å². The van der Waals surface area contributed by atoms with E-state index in [2.05, 4.69) is 5.32 Å². The summed E-state index contributed by atoms with van der Waals surface area (Å²) in [6.45, 7) is 5.03. The van der Waals surface area contributed by atoms with E-state index < -0.39 is 28.0 Å². The summed E-state index contributed by atoms with van der Waals surface area (Å²) in [6.07, 6.45) is -1.11. The number of carbonyl (C=O) groups excluding carboxylic acids is 2. The van der Waals surface area contributed by atoms with E-state index in [-0.39, 0.29) is 23.3 Å². The SMILES string of the molecule is CC(OC(=O)c1cccc(S(=O)(=O)N(C)C(C)C)c1)C(=O)Nc1ccc2c(c1)OCO2. The molecule has 0 aliphatic carbocycles. The molecule has 0 aromatic heterocycles. The molecule has 1 atom stereocenters. The number of esters is 1. The molecular weight excluding hydrogens is 424 g/mol. The summed E-state index contributed by atoms with van der Waals surface area (Å²) in [7, 11) is -2.29. The molecule has 0 fully saturated rings. The maximum absolute atomic E-state index is 12.7. The summed E-state index contributed by atoms with van der Waals surface area (Å²) in [5, 5.41) is 2.64. The van der Waals surface area contributed by atoms with Crippen molar-refractivity contribution in [1.82, 2.24) is 4.31 Å². The molecule has 0 saturated heterocycles. The smallest absolute Gasteiger partial charge is 0.338 e. The highest BCUT2D eigenvalue weighted by molar-refractivity contribution is 7.89. The summed E-state index contributed by atoms with van der Waals surface area (Å²) < 4.78 is 42.2. The lowest BCUT2D eigenvalue weighted by molar-refractivity contribution is -0.123. The highest BCUT2D eigenvalue weighted by Crippen LogP contribution is 2.34. The monoisotopic (exact) mass is 448 g/mol. The van der Waals surface area contributed by atoms with Crippen LogP contribution in [-0.2, 0) is 19.6 Å². The minimum Gasteiger partial charge on any atom is -0.454 e. The zero-order chi connectivity index (χ0) is 22.8. The third-order valence-corrected chi connectivity index (χ3v) is 6.80. The predicted molar refractivity (Wildman–Crippen MR) is 113 cm³/mol. The topological polar surface area (TPSA) is 111 Å². The zero-order valence-corrected chi connectivity index (χ0v) is 18.4. The summed E-state index contributed by atoms with van der Waals surface area (Å²) >= 11 is 0. The molecular formula is C21H24N2O7S. The maximum Gasteiger partial charge on any atom is 0.338 e. The first-order valence-corrected chi connectivity index (χ1v) is 11.0. The van der Waals surface area contributed by atoms with Gasteiger partial charge in [-0.1, -0.05) is 6.07 Å². The van der Waals surface area contributed by atoms with E-state index >= 15 is 0 Å². The number of nitrogens with zero attached hydrogens (tertiary/aromatic N) is 1. The molecule has 0 saturated carbocycles. The van der Waals surface area contributed by atoms with E-state index in [0.29, 0.717) is 17.2 Å². The van der Waals surface area contributed by atoms with Gasteiger partial charge in [0.15, 0.2) is 17.6 Å². The van der Waals surface area contributed by atoms with Crippen LogP contribution in [0.2, 0.25) is 0 Å². The molecule has 2 aromatic rings. The third-order valence-electron chi connectivity index (χ3n) is 4.77. The molecule has 1 unspecified atom stereocenters. The lowest BCUT2D eigenvalue weighted by atomic mass is 10.2. The molecule has 1 amide bonds. The number of anilines is 1. The molecule has 2 aromatic carbocycles. The molecule has 166 valence electrons. The lowest BCUT2D eigenvalue weighted by Gasteiger charge is -2.21. The van der Waals surface area contributed by atoms with Crippen molar-refractivity contribution in [1.29, 1.82) is 0 Å². The number of ether oxygens (including phenoxy) is 3. The quantitative estimate of drug-likeness (QED) is 0.648. The Morgan fingerprint density at radius 2 is 1.77 bits per heavy atom. The van der Waals surface area contributed by atoms with Gasteiger partial charge in [-0.05, 0) is 51.1 Å². The number of nitrogens with one attached hydrogen (secondary N) is 1. The molecule has 0 radical (unpaired) electrons. The van der Waals surface area contributed by atoms with Crippen LogP contribution >= 0.6 is 0 Å². The Morgan fingerprint density at radius 3 is 2.48 bits per heavy atom. The predicted octanol–water partition coefficient (Wildman–Crippen LogP) is 2.63.